The molecule has 3 aliphatic rings. The summed E-state index contributed by atoms with van der Waals surface area (Å²) >= 11 is 0. The Labute approximate surface area is 197 Å². The van der Waals surface area contributed by atoms with E-state index >= 15 is 0 Å². The predicted molar refractivity (Wildman–Crippen MR) is 132 cm³/mol. The summed E-state index contributed by atoms with van der Waals surface area (Å²) in [5.41, 5.74) is 0.540. The van der Waals surface area contributed by atoms with Crippen molar-refractivity contribution >= 4 is 11.8 Å². The average Bonchev–Trinajstić information content (AvgIpc) is 2.74. The Morgan fingerprint density at radius 2 is 1.38 bits per heavy atom. The maximum absolute atomic E-state index is 13.1. The van der Waals surface area contributed by atoms with Crippen LogP contribution in [0.3, 0.4) is 0 Å². The minimum atomic E-state index is -0.273. The van der Waals surface area contributed by atoms with Crippen molar-refractivity contribution in [1.29, 1.82) is 0 Å². The van der Waals surface area contributed by atoms with Crippen LogP contribution in [0, 0.1) is 34.0 Å². The number of piperidine rings is 1. The Bertz CT molecular complexity index is 646. The molecule has 0 aromatic rings. The summed E-state index contributed by atoms with van der Waals surface area (Å²) in [5.74, 6) is 2.36. The first-order chi connectivity index (χ1) is 14.8. The molecule has 4 nitrogen and oxygen atoms in total. The summed E-state index contributed by atoms with van der Waals surface area (Å²) in [6.45, 7) is 15.9. The second-order valence-electron chi connectivity index (χ2n) is 13.6. The summed E-state index contributed by atoms with van der Waals surface area (Å²) in [7, 11) is 2.04. The van der Waals surface area contributed by atoms with Crippen molar-refractivity contribution in [2.45, 2.75) is 106 Å². The standard InChI is InChI=1S/C28H50N2O2/c1-26(2,3)23-10-8-22(9-11-23)24(31)29(7)20-21-12-14-28(15-13-21)16-18-30(19-17-28)25(32)27(4,5)6/h21-23H,8-20H2,1-7H3. The van der Waals surface area contributed by atoms with E-state index in [0.29, 0.717) is 28.6 Å². The van der Waals surface area contributed by atoms with Gasteiger partial charge in [-0.3, -0.25) is 9.59 Å². The van der Waals surface area contributed by atoms with Crippen LogP contribution in [0.5, 0.6) is 0 Å². The molecule has 1 saturated heterocycles. The van der Waals surface area contributed by atoms with Gasteiger partial charge in [0.15, 0.2) is 0 Å². The lowest BCUT2D eigenvalue weighted by molar-refractivity contribution is -0.142. The number of rotatable bonds is 3. The molecule has 0 N–H and O–H groups in total. The van der Waals surface area contributed by atoms with Gasteiger partial charge in [-0.15, -0.1) is 0 Å². The van der Waals surface area contributed by atoms with Gasteiger partial charge in [0.25, 0.3) is 0 Å². The third-order valence-corrected chi connectivity index (χ3v) is 9.13. The molecule has 3 fully saturated rings. The highest BCUT2D eigenvalue weighted by atomic mass is 16.2. The molecule has 32 heavy (non-hydrogen) atoms. The van der Waals surface area contributed by atoms with Crippen LogP contribution in [0.2, 0.25) is 0 Å². The predicted octanol–water partition coefficient (Wildman–Crippen LogP) is 6.14. The van der Waals surface area contributed by atoms with Crippen molar-refractivity contribution in [2.24, 2.45) is 34.0 Å². The first-order valence-corrected chi connectivity index (χ1v) is 13.4. The van der Waals surface area contributed by atoms with Crippen LogP contribution < -0.4 is 0 Å². The molecule has 0 unspecified atom stereocenters. The number of amides is 2. The minimum absolute atomic E-state index is 0.248. The lowest BCUT2D eigenvalue weighted by Crippen LogP contribution is -2.48. The van der Waals surface area contributed by atoms with E-state index in [9.17, 15) is 9.59 Å². The summed E-state index contributed by atoms with van der Waals surface area (Å²) in [6.07, 6.45) is 11.9. The van der Waals surface area contributed by atoms with E-state index in [-0.39, 0.29) is 11.3 Å². The maximum Gasteiger partial charge on any atom is 0.227 e. The number of hydrogen-bond acceptors (Lipinski definition) is 2. The Morgan fingerprint density at radius 1 is 0.844 bits per heavy atom. The largest absolute Gasteiger partial charge is 0.345 e. The number of nitrogens with zero attached hydrogens (tertiary/aromatic N) is 2. The van der Waals surface area contributed by atoms with Gasteiger partial charge in [-0.1, -0.05) is 41.5 Å². The first kappa shape index (κ1) is 25.6. The SMILES string of the molecule is CN(CC1CCC2(CC1)CCN(C(=O)C(C)(C)C)CC2)C(=O)C1CCC(C(C)(C)C)CC1. The number of hydrogen-bond donors (Lipinski definition) is 0. The normalized spacial score (nSPS) is 27.4. The second kappa shape index (κ2) is 9.66. The lowest BCUT2D eigenvalue weighted by atomic mass is 9.65. The third-order valence-electron chi connectivity index (χ3n) is 9.13. The molecule has 3 rings (SSSR count). The highest BCUT2D eigenvalue weighted by molar-refractivity contribution is 5.81. The molecule has 2 amide bonds. The molecule has 4 heteroatoms. The molecule has 1 aliphatic heterocycles. The summed E-state index contributed by atoms with van der Waals surface area (Å²) < 4.78 is 0. The highest BCUT2D eigenvalue weighted by Crippen LogP contribution is 2.47. The molecule has 2 aliphatic carbocycles. The van der Waals surface area contributed by atoms with E-state index in [1.807, 2.05) is 27.8 Å². The Morgan fingerprint density at radius 3 is 1.84 bits per heavy atom. The van der Waals surface area contributed by atoms with Crippen LogP contribution >= 0.6 is 0 Å². The Kier molecular flexibility index (Phi) is 7.72. The van der Waals surface area contributed by atoms with E-state index in [1.165, 1.54) is 38.5 Å². The zero-order valence-corrected chi connectivity index (χ0v) is 22.1. The molecule has 1 heterocycles. The molecule has 0 aromatic carbocycles. The van der Waals surface area contributed by atoms with Gasteiger partial charge in [0.2, 0.25) is 11.8 Å². The lowest BCUT2D eigenvalue weighted by Gasteiger charge is -2.47. The van der Waals surface area contributed by atoms with Gasteiger partial charge in [-0.05, 0) is 86.9 Å². The summed E-state index contributed by atoms with van der Waals surface area (Å²) in [6, 6.07) is 0. The molecule has 2 saturated carbocycles. The van der Waals surface area contributed by atoms with Gasteiger partial charge in [0, 0.05) is 38.0 Å². The molecule has 0 aromatic heterocycles. The second-order valence-corrected chi connectivity index (χ2v) is 13.6. The molecule has 0 bridgehead atoms. The molecule has 0 radical (unpaired) electrons. The quantitative estimate of drug-likeness (QED) is 0.522. The van der Waals surface area contributed by atoms with Crippen LogP contribution in [0.15, 0.2) is 0 Å². The van der Waals surface area contributed by atoms with Gasteiger partial charge in [-0.2, -0.15) is 0 Å². The van der Waals surface area contributed by atoms with Crippen LogP contribution in [0.1, 0.15) is 106 Å². The van der Waals surface area contributed by atoms with Crippen molar-refractivity contribution in [3.63, 3.8) is 0 Å². The molecular formula is C28H50N2O2. The zero-order chi connectivity index (χ0) is 23.7. The number of carbonyl (C=O) groups is 2. The average molecular weight is 447 g/mol. The fraction of sp³-hybridized carbons (Fsp3) is 0.929. The van der Waals surface area contributed by atoms with Crippen molar-refractivity contribution in [1.82, 2.24) is 9.80 Å². The van der Waals surface area contributed by atoms with Crippen molar-refractivity contribution in [3.05, 3.63) is 0 Å². The van der Waals surface area contributed by atoms with E-state index in [0.717, 1.165) is 51.2 Å². The van der Waals surface area contributed by atoms with Crippen molar-refractivity contribution in [3.8, 4) is 0 Å². The smallest absolute Gasteiger partial charge is 0.227 e. The van der Waals surface area contributed by atoms with E-state index in [1.54, 1.807) is 0 Å². The zero-order valence-electron chi connectivity index (χ0n) is 22.1. The van der Waals surface area contributed by atoms with Crippen LogP contribution in [0.25, 0.3) is 0 Å². The van der Waals surface area contributed by atoms with Gasteiger partial charge in [-0.25, -0.2) is 0 Å². The topological polar surface area (TPSA) is 40.6 Å². The first-order valence-electron chi connectivity index (χ1n) is 13.4. The minimum Gasteiger partial charge on any atom is -0.345 e. The molecular weight excluding hydrogens is 396 g/mol. The summed E-state index contributed by atoms with van der Waals surface area (Å²) in [4.78, 5) is 29.9. The van der Waals surface area contributed by atoms with Crippen LogP contribution in [-0.2, 0) is 9.59 Å². The van der Waals surface area contributed by atoms with Gasteiger partial charge in [0.05, 0.1) is 0 Å². The molecule has 1 spiro atoms. The number of carbonyl (C=O) groups excluding carboxylic acids is 2. The van der Waals surface area contributed by atoms with Gasteiger partial charge in [0.1, 0.15) is 0 Å². The Balaban J connectivity index is 1.41. The van der Waals surface area contributed by atoms with Gasteiger partial charge < -0.3 is 9.80 Å². The third kappa shape index (κ3) is 6.08. The van der Waals surface area contributed by atoms with E-state index in [4.69, 9.17) is 0 Å². The van der Waals surface area contributed by atoms with Crippen molar-refractivity contribution < 1.29 is 9.59 Å². The maximum atomic E-state index is 13.1. The van der Waals surface area contributed by atoms with Crippen LogP contribution in [0.4, 0.5) is 0 Å². The molecule has 0 atom stereocenters. The highest BCUT2D eigenvalue weighted by Gasteiger charge is 2.41. The van der Waals surface area contributed by atoms with E-state index < -0.39 is 0 Å². The fourth-order valence-corrected chi connectivity index (χ4v) is 6.63. The van der Waals surface area contributed by atoms with Gasteiger partial charge >= 0.3 is 0 Å². The molecule has 184 valence electrons. The monoisotopic (exact) mass is 446 g/mol. The summed E-state index contributed by atoms with van der Waals surface area (Å²) in [5, 5.41) is 0. The van der Waals surface area contributed by atoms with E-state index in [2.05, 4.69) is 30.6 Å². The van der Waals surface area contributed by atoms with Crippen molar-refractivity contribution in [2.75, 3.05) is 26.7 Å². The van der Waals surface area contributed by atoms with Crippen LogP contribution in [-0.4, -0.2) is 48.3 Å². The Hall–Kier alpha value is -1.06. The fourth-order valence-electron chi connectivity index (χ4n) is 6.63. The number of likely N-dealkylation sites (tertiary alicyclic amines) is 1.